The fraction of sp³-hybridized carbons (Fsp3) is 0.171. The summed E-state index contributed by atoms with van der Waals surface area (Å²) in [4.78, 5) is 41.0. The molecule has 1 aliphatic heterocycles. The number of nitrogens with one attached hydrogen (secondary N) is 2. The number of hydrogen-bond acceptors (Lipinski definition) is 7. The van der Waals surface area contributed by atoms with Gasteiger partial charge in [-0.25, -0.2) is 0 Å². The number of carbonyl (C=O) groups is 3. The van der Waals surface area contributed by atoms with E-state index in [1.165, 1.54) is 4.90 Å². The summed E-state index contributed by atoms with van der Waals surface area (Å²) in [6.45, 7) is 1.83. The van der Waals surface area contributed by atoms with Crippen molar-refractivity contribution < 1.29 is 24.6 Å². The number of benzene rings is 4. The molecule has 8 N–H and O–H groups in total. The molecule has 5 rings (SSSR count). The van der Waals surface area contributed by atoms with Crippen molar-refractivity contribution in [3.05, 3.63) is 125 Å². The maximum Gasteiger partial charge on any atom is 0.264 e. The second-order valence-corrected chi connectivity index (χ2v) is 11.0. The van der Waals surface area contributed by atoms with Gasteiger partial charge in [0.25, 0.3) is 17.7 Å². The van der Waals surface area contributed by atoms with Gasteiger partial charge < -0.3 is 37.2 Å². The van der Waals surface area contributed by atoms with Gasteiger partial charge in [-0.05, 0) is 90.8 Å². The summed E-state index contributed by atoms with van der Waals surface area (Å²) in [5.74, 6) is -1.80. The first-order valence-corrected chi connectivity index (χ1v) is 14.5. The summed E-state index contributed by atoms with van der Waals surface area (Å²) in [5.41, 5.74) is 14.1. The Bertz CT molecular complexity index is 1740. The third-order valence-corrected chi connectivity index (χ3v) is 7.80. The summed E-state index contributed by atoms with van der Waals surface area (Å²) in [5, 5.41) is 26.9. The van der Waals surface area contributed by atoms with Gasteiger partial charge in [0.2, 0.25) is 0 Å². The van der Waals surface area contributed by atoms with E-state index >= 15 is 0 Å². The van der Waals surface area contributed by atoms with Gasteiger partial charge in [-0.3, -0.25) is 14.4 Å². The molecule has 0 aromatic heterocycles. The molecular weight excluding hydrogens is 570 g/mol. The molecule has 0 radical (unpaired) electrons. The zero-order valence-electron chi connectivity index (χ0n) is 24.7. The van der Waals surface area contributed by atoms with Gasteiger partial charge in [0, 0.05) is 52.0 Å². The van der Waals surface area contributed by atoms with Crippen LogP contribution < -0.4 is 27.0 Å². The third kappa shape index (κ3) is 6.57. The summed E-state index contributed by atoms with van der Waals surface area (Å²) in [6.07, 6.45) is 3.81. The van der Waals surface area contributed by atoms with Crippen LogP contribution in [0.15, 0.2) is 103 Å². The molecule has 45 heavy (non-hydrogen) atoms. The summed E-state index contributed by atoms with van der Waals surface area (Å²) >= 11 is 0. The summed E-state index contributed by atoms with van der Waals surface area (Å²) < 4.78 is 0. The molecule has 0 saturated heterocycles. The Labute approximate surface area is 261 Å². The van der Waals surface area contributed by atoms with Crippen molar-refractivity contribution in [1.82, 2.24) is 0 Å². The van der Waals surface area contributed by atoms with Gasteiger partial charge in [-0.1, -0.05) is 31.2 Å². The monoisotopic (exact) mass is 605 g/mol. The second-order valence-electron chi connectivity index (χ2n) is 11.0. The Morgan fingerprint density at radius 2 is 1.38 bits per heavy atom. The molecule has 3 amide bonds. The molecule has 0 aliphatic carbocycles. The number of anilines is 5. The molecule has 10 nitrogen and oxygen atoms in total. The van der Waals surface area contributed by atoms with Crippen LogP contribution in [0.1, 0.15) is 45.2 Å². The van der Waals surface area contributed by atoms with Crippen molar-refractivity contribution in [1.29, 1.82) is 0 Å². The predicted molar refractivity (Wildman–Crippen MR) is 176 cm³/mol. The van der Waals surface area contributed by atoms with E-state index in [1.54, 1.807) is 110 Å². The average Bonchev–Trinajstić information content (AvgIpc) is 3.24. The lowest BCUT2D eigenvalue weighted by Gasteiger charge is -2.28. The van der Waals surface area contributed by atoms with E-state index in [0.29, 0.717) is 51.5 Å². The largest absolute Gasteiger partial charge is 0.399 e. The quantitative estimate of drug-likeness (QED) is 0.113. The summed E-state index contributed by atoms with van der Waals surface area (Å²) in [7, 11) is 0. The van der Waals surface area contributed by atoms with Crippen LogP contribution in [0.2, 0.25) is 0 Å². The van der Waals surface area contributed by atoms with E-state index in [-0.39, 0.29) is 25.0 Å². The van der Waals surface area contributed by atoms with Crippen LogP contribution in [0.4, 0.5) is 28.4 Å². The lowest BCUT2D eigenvalue weighted by atomic mass is 9.82. The minimum absolute atomic E-state index is 0.0595. The van der Waals surface area contributed by atoms with Crippen molar-refractivity contribution in [3.63, 3.8) is 0 Å². The lowest BCUT2D eigenvalue weighted by Crippen LogP contribution is -2.44. The van der Waals surface area contributed by atoms with Crippen LogP contribution in [0, 0.1) is 5.92 Å². The Morgan fingerprint density at radius 1 is 0.844 bits per heavy atom. The fourth-order valence-corrected chi connectivity index (χ4v) is 5.25. The van der Waals surface area contributed by atoms with Crippen molar-refractivity contribution in [3.8, 4) is 0 Å². The number of nitrogens with two attached hydrogens (primary N) is 2. The maximum atomic E-state index is 14.0. The number of fused-ring (bicyclic) bond motifs is 1. The van der Waals surface area contributed by atoms with Gasteiger partial charge in [-0.2, -0.15) is 0 Å². The number of nitrogen functional groups attached to an aromatic ring is 2. The van der Waals surface area contributed by atoms with Crippen LogP contribution in [0.5, 0.6) is 0 Å². The first-order chi connectivity index (χ1) is 21.6. The van der Waals surface area contributed by atoms with E-state index in [2.05, 4.69) is 10.6 Å². The number of hydrogen-bond donors (Lipinski definition) is 6. The molecule has 230 valence electrons. The molecule has 0 fully saturated rings. The van der Waals surface area contributed by atoms with Crippen LogP contribution in [0.25, 0.3) is 0 Å². The predicted octanol–water partition coefficient (Wildman–Crippen LogP) is 4.66. The van der Waals surface area contributed by atoms with Crippen molar-refractivity contribution in [2.75, 3.05) is 33.6 Å². The number of amides is 3. The van der Waals surface area contributed by atoms with Gasteiger partial charge in [0.1, 0.15) is 0 Å². The van der Waals surface area contributed by atoms with Crippen LogP contribution in [-0.2, 0) is 16.9 Å². The molecule has 0 saturated carbocycles. The van der Waals surface area contributed by atoms with E-state index < -0.39 is 17.4 Å². The minimum atomic E-state index is -1.92. The number of carbonyl (C=O) groups excluding carboxylic acids is 3. The van der Waals surface area contributed by atoms with Crippen LogP contribution in [0.3, 0.4) is 0 Å². The third-order valence-electron chi connectivity index (χ3n) is 7.80. The first-order valence-electron chi connectivity index (χ1n) is 14.5. The number of aliphatic hydroxyl groups is 2. The van der Waals surface area contributed by atoms with Crippen molar-refractivity contribution >= 4 is 46.2 Å². The molecule has 10 heteroatoms. The van der Waals surface area contributed by atoms with Gasteiger partial charge in [0.15, 0.2) is 5.60 Å². The standard InChI is InChI=1S/C35H35N5O5/c1-22(4-2-3-19-41)35(45)30-20-29(39-33(43)25-9-13-27(37)14-10-25)17-18-31(30)40(34(35)44)21-23-5-15-28(16-6-23)38-32(42)24-7-11-26(36)12-8-24/h2,4-18,20,22,41,45H,3,19,21,36-37H2,1H3,(H,38,42)(H,39,43)/b4-2+/t22-,35+/m1/s1. The highest BCUT2D eigenvalue weighted by Crippen LogP contribution is 2.47. The fourth-order valence-electron chi connectivity index (χ4n) is 5.25. The molecule has 1 aliphatic rings. The van der Waals surface area contributed by atoms with Crippen LogP contribution >= 0.6 is 0 Å². The molecule has 4 aromatic rings. The maximum absolute atomic E-state index is 14.0. The van der Waals surface area contributed by atoms with Gasteiger partial charge in [0.05, 0.1) is 12.2 Å². The van der Waals surface area contributed by atoms with E-state index in [1.807, 2.05) is 0 Å². The Hall–Kier alpha value is -5.45. The highest BCUT2D eigenvalue weighted by molar-refractivity contribution is 6.09. The zero-order valence-corrected chi connectivity index (χ0v) is 24.7. The van der Waals surface area contributed by atoms with E-state index in [9.17, 15) is 24.6 Å². The second kappa shape index (κ2) is 13.0. The molecule has 0 unspecified atom stereocenters. The molecule has 4 aromatic carbocycles. The lowest BCUT2D eigenvalue weighted by molar-refractivity contribution is -0.139. The first kappa shape index (κ1) is 31.0. The van der Waals surface area contributed by atoms with Crippen LogP contribution in [-0.4, -0.2) is 34.5 Å². The van der Waals surface area contributed by atoms with Gasteiger partial charge >= 0.3 is 0 Å². The van der Waals surface area contributed by atoms with E-state index in [0.717, 1.165) is 5.56 Å². The Morgan fingerprint density at radius 3 is 1.93 bits per heavy atom. The molecule has 1 heterocycles. The topological polar surface area (TPSA) is 171 Å². The molecule has 0 spiro atoms. The number of nitrogens with zero attached hydrogens (tertiary/aromatic N) is 1. The molecule has 2 atom stereocenters. The minimum Gasteiger partial charge on any atom is -0.399 e. The SMILES string of the molecule is C[C@H](/C=C/CCO)[C@@]1(O)C(=O)N(Cc2ccc(NC(=O)c3ccc(N)cc3)cc2)c2ccc(NC(=O)c3ccc(N)cc3)cc21. The Kier molecular flexibility index (Phi) is 8.98. The number of rotatable bonds is 10. The highest BCUT2D eigenvalue weighted by atomic mass is 16.3. The highest BCUT2D eigenvalue weighted by Gasteiger charge is 2.52. The van der Waals surface area contributed by atoms with Crippen molar-refractivity contribution in [2.45, 2.75) is 25.5 Å². The number of aliphatic hydroxyl groups excluding tert-OH is 1. The van der Waals surface area contributed by atoms with Gasteiger partial charge in [-0.15, -0.1) is 0 Å². The van der Waals surface area contributed by atoms with E-state index in [4.69, 9.17) is 11.5 Å². The molecular formula is C35H35N5O5. The normalized spacial score (nSPS) is 16.4. The zero-order chi connectivity index (χ0) is 32.1. The molecule has 0 bridgehead atoms. The average molecular weight is 606 g/mol. The van der Waals surface area contributed by atoms with Crippen molar-refractivity contribution in [2.24, 2.45) is 5.92 Å². The Balaban J connectivity index is 1.40. The smallest absolute Gasteiger partial charge is 0.264 e. The summed E-state index contributed by atoms with van der Waals surface area (Å²) in [6, 6.07) is 25.2.